The molecule has 2 aromatic rings. The quantitative estimate of drug-likeness (QED) is 0.686. The van der Waals surface area contributed by atoms with E-state index < -0.39 is 0 Å². The Bertz CT molecular complexity index is 700. The second-order valence-electron chi connectivity index (χ2n) is 6.49. The van der Waals surface area contributed by atoms with Crippen LogP contribution in [0.5, 0.6) is 0 Å². The number of rotatable bonds is 5. The summed E-state index contributed by atoms with van der Waals surface area (Å²) in [7, 11) is 2.22. The van der Waals surface area contributed by atoms with Crippen molar-refractivity contribution in [3.05, 3.63) is 48.5 Å². The maximum absolute atomic E-state index is 13.1. The number of hydrogen-bond acceptors (Lipinski definition) is 2. The van der Waals surface area contributed by atoms with Gasteiger partial charge in [-0.25, -0.2) is 0 Å². The molecule has 0 bridgehead atoms. The lowest BCUT2D eigenvalue weighted by Crippen LogP contribution is -3.00. The molecule has 25 heavy (non-hydrogen) atoms. The molecular weight excluding hydrogens is 396 g/mol. The van der Waals surface area contributed by atoms with Gasteiger partial charge in [0.15, 0.2) is 0 Å². The van der Waals surface area contributed by atoms with Crippen molar-refractivity contribution in [2.75, 3.05) is 31.6 Å². The highest BCUT2D eigenvalue weighted by atomic mass is 79.9. The van der Waals surface area contributed by atoms with Gasteiger partial charge in [0.1, 0.15) is 0 Å². The van der Waals surface area contributed by atoms with E-state index in [2.05, 4.69) is 33.0 Å². The maximum atomic E-state index is 13.1. The molecule has 0 atom stereocenters. The Morgan fingerprint density at radius 2 is 1.44 bits per heavy atom. The van der Waals surface area contributed by atoms with E-state index in [1.165, 1.54) is 0 Å². The molecule has 0 aliphatic carbocycles. The zero-order chi connectivity index (χ0) is 17.2. The molecule has 0 radical (unpaired) electrons. The molecule has 0 N–H and O–H groups in total. The lowest BCUT2D eigenvalue weighted by atomic mass is 10.2. The Labute approximate surface area is 165 Å². The van der Waals surface area contributed by atoms with Gasteiger partial charge in [-0.1, -0.05) is 36.0 Å². The average molecular weight is 421 g/mol. The fourth-order valence-electron chi connectivity index (χ4n) is 2.99. The van der Waals surface area contributed by atoms with Crippen molar-refractivity contribution in [1.82, 2.24) is 0 Å². The van der Waals surface area contributed by atoms with Crippen LogP contribution in [0.1, 0.15) is 20.3 Å². The molecule has 1 aliphatic rings. The fraction of sp³-hybridized carbons (Fsp3) is 0.350. The normalized spacial score (nSPS) is 12.8. The molecule has 5 heteroatoms. The number of halogens is 1. The van der Waals surface area contributed by atoms with Crippen LogP contribution in [0.15, 0.2) is 58.3 Å². The van der Waals surface area contributed by atoms with Crippen LogP contribution in [0.2, 0.25) is 0 Å². The highest BCUT2D eigenvalue weighted by Crippen LogP contribution is 2.48. The minimum atomic E-state index is 0. The Kier molecular flexibility index (Phi) is 6.72. The number of carbonyl (C=O) groups excluding carboxylic acids is 1. The predicted octanol–water partition coefficient (Wildman–Crippen LogP) is 1.70. The zero-order valence-electron chi connectivity index (χ0n) is 15.0. The summed E-state index contributed by atoms with van der Waals surface area (Å²) in [6, 6.07) is 16.4. The first-order chi connectivity index (χ1) is 11.6. The summed E-state index contributed by atoms with van der Waals surface area (Å²) in [5.41, 5.74) is 2.02. The average Bonchev–Trinajstić information content (AvgIpc) is 2.63. The number of anilines is 2. The summed E-state index contributed by atoms with van der Waals surface area (Å²) >= 11 is 1.74. The molecule has 3 nitrogen and oxygen atoms in total. The van der Waals surface area contributed by atoms with Crippen LogP contribution in [0, 0.1) is 0 Å². The molecule has 0 spiro atoms. The van der Waals surface area contributed by atoms with E-state index in [1.54, 1.807) is 11.8 Å². The monoisotopic (exact) mass is 420 g/mol. The Morgan fingerprint density at radius 1 is 0.960 bits per heavy atom. The van der Waals surface area contributed by atoms with Gasteiger partial charge in [0.2, 0.25) is 5.91 Å². The summed E-state index contributed by atoms with van der Waals surface area (Å²) in [5.74, 6) is 0.182. The zero-order valence-corrected chi connectivity index (χ0v) is 17.4. The molecule has 2 aromatic carbocycles. The minimum Gasteiger partial charge on any atom is -1.00 e. The molecule has 1 amide bonds. The van der Waals surface area contributed by atoms with Crippen LogP contribution >= 0.6 is 11.8 Å². The lowest BCUT2D eigenvalue weighted by molar-refractivity contribution is -0.905. The molecule has 1 aliphatic heterocycles. The fourth-order valence-corrected chi connectivity index (χ4v) is 4.05. The van der Waals surface area contributed by atoms with Crippen molar-refractivity contribution >= 4 is 29.0 Å². The first kappa shape index (κ1) is 20.0. The maximum Gasteiger partial charge on any atom is 0.237 e. The predicted molar refractivity (Wildman–Crippen MR) is 101 cm³/mol. The van der Waals surface area contributed by atoms with E-state index in [0.717, 1.165) is 45.3 Å². The second-order valence-corrected chi connectivity index (χ2v) is 7.58. The number of fused-ring (bicyclic) bond motifs is 2. The van der Waals surface area contributed by atoms with Gasteiger partial charge >= 0.3 is 0 Å². The molecule has 134 valence electrons. The molecule has 3 rings (SSSR count). The number of hydrogen-bond donors (Lipinski definition) is 0. The third-order valence-corrected chi connectivity index (χ3v) is 6.20. The largest absolute Gasteiger partial charge is 1.00 e. The van der Waals surface area contributed by atoms with Crippen LogP contribution in [-0.4, -0.2) is 37.1 Å². The van der Waals surface area contributed by atoms with E-state index >= 15 is 0 Å². The first-order valence-electron chi connectivity index (χ1n) is 8.60. The van der Waals surface area contributed by atoms with E-state index in [-0.39, 0.29) is 22.9 Å². The van der Waals surface area contributed by atoms with Crippen molar-refractivity contribution in [2.45, 2.75) is 30.1 Å². The van der Waals surface area contributed by atoms with Gasteiger partial charge in [0.25, 0.3) is 0 Å². The molecule has 1 heterocycles. The van der Waals surface area contributed by atoms with Crippen LogP contribution in [0.25, 0.3) is 0 Å². The number of nitrogens with zero attached hydrogens (tertiary/aromatic N) is 2. The van der Waals surface area contributed by atoms with Crippen molar-refractivity contribution in [3.8, 4) is 0 Å². The third kappa shape index (κ3) is 4.10. The number of benzene rings is 2. The molecular formula is C20H25BrN2OS. The van der Waals surface area contributed by atoms with Crippen molar-refractivity contribution in [2.24, 2.45) is 0 Å². The van der Waals surface area contributed by atoms with Crippen molar-refractivity contribution in [1.29, 1.82) is 0 Å². The number of para-hydroxylation sites is 2. The smallest absolute Gasteiger partial charge is 0.237 e. The summed E-state index contributed by atoms with van der Waals surface area (Å²) in [6.07, 6.45) is 0.561. The van der Waals surface area contributed by atoms with Gasteiger partial charge in [-0.05, 0) is 38.1 Å². The highest BCUT2D eigenvalue weighted by molar-refractivity contribution is 7.99. The first-order valence-corrected chi connectivity index (χ1v) is 9.42. The van der Waals surface area contributed by atoms with Crippen molar-refractivity contribution in [3.63, 3.8) is 0 Å². The van der Waals surface area contributed by atoms with Crippen molar-refractivity contribution < 1.29 is 26.3 Å². The van der Waals surface area contributed by atoms with Gasteiger partial charge in [0, 0.05) is 9.79 Å². The van der Waals surface area contributed by atoms with Gasteiger partial charge in [-0.2, -0.15) is 0 Å². The Balaban J connectivity index is 0.00000225. The van der Waals surface area contributed by atoms with E-state index in [0.29, 0.717) is 6.42 Å². The van der Waals surface area contributed by atoms with Crippen LogP contribution in [-0.2, 0) is 4.79 Å². The highest BCUT2D eigenvalue weighted by Gasteiger charge is 2.29. The van der Waals surface area contributed by atoms with Gasteiger partial charge in [-0.15, -0.1) is 0 Å². The second kappa shape index (κ2) is 8.39. The third-order valence-electron chi connectivity index (χ3n) is 5.07. The van der Waals surface area contributed by atoms with E-state index in [9.17, 15) is 4.79 Å². The summed E-state index contributed by atoms with van der Waals surface area (Å²) < 4.78 is 0.928. The Hall–Kier alpha value is -1.30. The molecule has 0 saturated heterocycles. The van der Waals surface area contributed by atoms with Crippen LogP contribution in [0.3, 0.4) is 0 Å². The number of quaternary nitrogens is 1. The molecule has 0 fully saturated rings. The summed E-state index contributed by atoms with van der Waals surface area (Å²) in [5, 5.41) is 0. The molecule has 0 aromatic heterocycles. The van der Waals surface area contributed by atoms with Gasteiger partial charge in [-0.3, -0.25) is 9.69 Å². The number of amides is 1. The van der Waals surface area contributed by atoms with Gasteiger partial charge in [0.05, 0.1) is 44.5 Å². The minimum absolute atomic E-state index is 0. The van der Waals surface area contributed by atoms with Crippen LogP contribution in [0.4, 0.5) is 11.4 Å². The SMILES string of the molecule is CC[N+](C)(CC)CCC(=O)N1c2ccccc2Sc2ccccc21.[Br-]. The lowest BCUT2D eigenvalue weighted by Gasteiger charge is -2.34. The van der Waals surface area contributed by atoms with Crippen LogP contribution < -0.4 is 21.9 Å². The Morgan fingerprint density at radius 3 is 1.92 bits per heavy atom. The van der Waals surface area contributed by atoms with E-state index in [4.69, 9.17) is 0 Å². The van der Waals surface area contributed by atoms with Gasteiger partial charge < -0.3 is 21.5 Å². The summed E-state index contributed by atoms with van der Waals surface area (Å²) in [6.45, 7) is 7.35. The summed E-state index contributed by atoms with van der Waals surface area (Å²) in [4.78, 5) is 17.3. The molecule has 0 saturated carbocycles. The van der Waals surface area contributed by atoms with E-state index in [1.807, 2.05) is 41.3 Å². The standard InChI is InChI=1S/C20H25N2OS.BrH/c1-4-22(3,5-2)15-14-20(23)21-16-10-6-8-12-18(16)24-19-13-9-7-11-17(19)21;/h6-13H,4-5,14-15H2,1-3H3;1H/q+1;/p-1. The topological polar surface area (TPSA) is 20.3 Å². The molecule has 0 unspecified atom stereocenters. The number of carbonyl (C=O) groups is 1.